The van der Waals surface area contributed by atoms with E-state index in [1.54, 1.807) is 32.0 Å². The Hall–Kier alpha value is -3.31. The molecular weight excluding hydrogens is 456 g/mol. The van der Waals surface area contributed by atoms with E-state index in [0.717, 1.165) is 4.88 Å². The molecule has 1 amide bonds. The van der Waals surface area contributed by atoms with Gasteiger partial charge in [-0.25, -0.2) is 4.98 Å². The normalized spacial score (nSPS) is 11.2. The molecule has 0 spiro atoms. The Labute approximate surface area is 189 Å². The van der Waals surface area contributed by atoms with Gasteiger partial charge in [-0.1, -0.05) is 30.0 Å². The Kier molecular flexibility index (Phi) is 6.19. The fourth-order valence-corrected chi connectivity index (χ4v) is 4.26. The number of hydrogen-bond acceptors (Lipinski definition) is 6. The van der Waals surface area contributed by atoms with Crippen molar-refractivity contribution >= 4 is 34.8 Å². The number of rotatable bonds is 6. The third kappa shape index (κ3) is 4.48. The zero-order valence-electron chi connectivity index (χ0n) is 16.9. The van der Waals surface area contributed by atoms with Crippen molar-refractivity contribution in [3.63, 3.8) is 0 Å². The summed E-state index contributed by atoms with van der Waals surface area (Å²) in [6.07, 6.45) is 0. The monoisotopic (exact) mass is 473 g/mol. The van der Waals surface area contributed by atoms with Crippen LogP contribution in [0.2, 0.25) is 0 Å². The standard InChI is InChI=1S/C21H17F2N5O2S2/c1-11-12(2)24-21(26-18(11)29)28-17(10-14(27-28)16-8-5-9-31-16)25-19(30)13-6-3-4-7-15(13)32-20(22)23/h3-10,20H,1-2H3,(H,25,30)(H,24,26,29). The number of carbonyl (C=O) groups is 1. The minimum Gasteiger partial charge on any atom is -0.306 e. The summed E-state index contributed by atoms with van der Waals surface area (Å²) in [6.45, 7) is 3.36. The second-order valence-electron chi connectivity index (χ2n) is 6.73. The number of H-pyrrole nitrogens is 1. The minimum atomic E-state index is -2.66. The fraction of sp³-hybridized carbons (Fsp3) is 0.143. The number of halogens is 2. The van der Waals surface area contributed by atoms with Crippen molar-refractivity contribution in [3.05, 3.63) is 75.0 Å². The van der Waals surface area contributed by atoms with Gasteiger partial charge in [0.1, 0.15) is 11.5 Å². The van der Waals surface area contributed by atoms with Crippen molar-refractivity contribution in [3.8, 4) is 16.5 Å². The Morgan fingerprint density at radius 1 is 1.22 bits per heavy atom. The maximum atomic E-state index is 13.0. The number of aromatic amines is 1. The van der Waals surface area contributed by atoms with Crippen molar-refractivity contribution in [1.29, 1.82) is 0 Å². The van der Waals surface area contributed by atoms with E-state index in [2.05, 4.69) is 20.4 Å². The maximum absolute atomic E-state index is 13.0. The molecule has 0 atom stereocenters. The summed E-state index contributed by atoms with van der Waals surface area (Å²) in [4.78, 5) is 33.3. The van der Waals surface area contributed by atoms with Gasteiger partial charge in [0.15, 0.2) is 0 Å². The molecule has 0 saturated carbocycles. The lowest BCUT2D eigenvalue weighted by Gasteiger charge is -2.11. The molecule has 3 aromatic heterocycles. The highest BCUT2D eigenvalue weighted by atomic mass is 32.2. The van der Waals surface area contributed by atoms with Gasteiger partial charge in [-0.2, -0.15) is 18.6 Å². The first-order chi connectivity index (χ1) is 15.3. The molecule has 7 nitrogen and oxygen atoms in total. The van der Waals surface area contributed by atoms with Gasteiger partial charge in [0, 0.05) is 22.2 Å². The fourth-order valence-electron chi connectivity index (χ4n) is 2.94. The van der Waals surface area contributed by atoms with E-state index in [1.165, 1.54) is 28.2 Å². The zero-order valence-corrected chi connectivity index (χ0v) is 18.6. The molecule has 0 bridgehead atoms. The smallest absolute Gasteiger partial charge is 0.288 e. The number of thiophene rings is 1. The number of alkyl halides is 2. The minimum absolute atomic E-state index is 0.102. The number of aryl methyl sites for hydroxylation is 1. The first kappa shape index (κ1) is 21.9. The van der Waals surface area contributed by atoms with E-state index in [4.69, 9.17) is 0 Å². The summed E-state index contributed by atoms with van der Waals surface area (Å²) in [5, 5.41) is 9.12. The maximum Gasteiger partial charge on any atom is 0.288 e. The molecule has 0 radical (unpaired) electrons. The summed E-state index contributed by atoms with van der Waals surface area (Å²) < 4.78 is 27.2. The summed E-state index contributed by atoms with van der Waals surface area (Å²) in [7, 11) is 0. The van der Waals surface area contributed by atoms with Crippen LogP contribution in [0, 0.1) is 13.8 Å². The molecule has 0 aliphatic heterocycles. The van der Waals surface area contributed by atoms with Crippen molar-refractivity contribution in [2.24, 2.45) is 0 Å². The summed E-state index contributed by atoms with van der Waals surface area (Å²) in [6, 6.07) is 11.5. The molecule has 0 unspecified atom stereocenters. The van der Waals surface area contributed by atoms with Crippen molar-refractivity contribution in [2.45, 2.75) is 24.5 Å². The molecule has 0 saturated heterocycles. The molecule has 164 valence electrons. The lowest BCUT2D eigenvalue weighted by Crippen LogP contribution is -2.21. The number of nitrogens with one attached hydrogen (secondary N) is 2. The highest BCUT2D eigenvalue weighted by Crippen LogP contribution is 2.30. The topological polar surface area (TPSA) is 92.7 Å². The Balaban J connectivity index is 1.77. The first-order valence-electron chi connectivity index (χ1n) is 9.40. The van der Waals surface area contributed by atoms with Crippen LogP contribution in [0.25, 0.3) is 16.5 Å². The number of amides is 1. The number of aromatic nitrogens is 4. The van der Waals surface area contributed by atoms with Gasteiger partial charge in [0.05, 0.1) is 10.4 Å². The van der Waals surface area contributed by atoms with Gasteiger partial charge in [-0.05, 0) is 37.4 Å². The number of benzene rings is 1. The average Bonchev–Trinajstić information content (AvgIpc) is 3.41. The van der Waals surface area contributed by atoms with Crippen LogP contribution in [0.15, 0.2) is 57.5 Å². The summed E-state index contributed by atoms with van der Waals surface area (Å²) >= 11 is 1.76. The van der Waals surface area contributed by atoms with E-state index >= 15 is 0 Å². The van der Waals surface area contributed by atoms with Gasteiger partial charge >= 0.3 is 0 Å². The predicted molar refractivity (Wildman–Crippen MR) is 121 cm³/mol. The van der Waals surface area contributed by atoms with Crippen LogP contribution in [0.4, 0.5) is 14.6 Å². The molecule has 11 heteroatoms. The van der Waals surface area contributed by atoms with Crippen LogP contribution < -0.4 is 10.9 Å². The van der Waals surface area contributed by atoms with Crippen LogP contribution in [-0.2, 0) is 0 Å². The third-order valence-electron chi connectivity index (χ3n) is 4.66. The van der Waals surface area contributed by atoms with Gasteiger partial charge < -0.3 is 5.32 Å². The van der Waals surface area contributed by atoms with E-state index < -0.39 is 11.7 Å². The van der Waals surface area contributed by atoms with E-state index in [0.29, 0.717) is 28.7 Å². The number of nitrogens with zero attached hydrogens (tertiary/aromatic N) is 3. The second kappa shape index (κ2) is 9.05. The van der Waals surface area contributed by atoms with Crippen molar-refractivity contribution < 1.29 is 13.6 Å². The van der Waals surface area contributed by atoms with Crippen LogP contribution in [-0.4, -0.2) is 31.4 Å². The lowest BCUT2D eigenvalue weighted by molar-refractivity contribution is 0.102. The number of anilines is 1. The summed E-state index contributed by atoms with van der Waals surface area (Å²) in [5.74, 6) is -2.88. The van der Waals surface area contributed by atoms with Crippen molar-refractivity contribution in [2.75, 3.05) is 5.32 Å². The summed E-state index contributed by atoms with van der Waals surface area (Å²) in [5.41, 5.74) is 1.34. The molecule has 3 heterocycles. The van der Waals surface area contributed by atoms with Crippen LogP contribution in [0.5, 0.6) is 0 Å². The highest BCUT2D eigenvalue weighted by molar-refractivity contribution is 7.99. The molecule has 1 aromatic carbocycles. The Bertz CT molecular complexity index is 1330. The molecule has 32 heavy (non-hydrogen) atoms. The van der Waals surface area contributed by atoms with Gasteiger partial charge in [-0.3, -0.25) is 14.6 Å². The molecule has 4 aromatic rings. The molecule has 4 rings (SSSR count). The Morgan fingerprint density at radius 2 is 2.00 bits per heavy atom. The van der Waals surface area contributed by atoms with Gasteiger partial charge in [0.2, 0.25) is 5.95 Å². The second-order valence-corrected chi connectivity index (χ2v) is 8.71. The SMILES string of the molecule is Cc1nc(-n2nc(-c3cccs3)cc2NC(=O)c2ccccc2SC(F)F)[nH]c(=O)c1C. The largest absolute Gasteiger partial charge is 0.306 e. The highest BCUT2D eigenvalue weighted by Gasteiger charge is 2.20. The van der Waals surface area contributed by atoms with Gasteiger partial charge in [0.25, 0.3) is 17.2 Å². The van der Waals surface area contributed by atoms with E-state index in [1.807, 2.05) is 17.5 Å². The predicted octanol–water partition coefficient (Wildman–Crippen LogP) is 4.87. The van der Waals surface area contributed by atoms with Crippen LogP contribution >= 0.6 is 23.1 Å². The molecule has 2 N–H and O–H groups in total. The Morgan fingerprint density at radius 3 is 2.69 bits per heavy atom. The van der Waals surface area contributed by atoms with Crippen LogP contribution in [0.1, 0.15) is 21.6 Å². The quantitative estimate of drug-likeness (QED) is 0.390. The van der Waals surface area contributed by atoms with Crippen LogP contribution in [0.3, 0.4) is 0 Å². The third-order valence-corrected chi connectivity index (χ3v) is 6.34. The number of hydrogen-bond donors (Lipinski definition) is 2. The van der Waals surface area contributed by atoms with E-state index in [-0.39, 0.29) is 27.8 Å². The molecule has 0 aliphatic carbocycles. The zero-order chi connectivity index (χ0) is 22.8. The van der Waals surface area contributed by atoms with Crippen molar-refractivity contribution in [1.82, 2.24) is 19.7 Å². The van der Waals surface area contributed by atoms with E-state index in [9.17, 15) is 18.4 Å². The molecule has 0 aliphatic rings. The molecule has 0 fully saturated rings. The number of thioether (sulfide) groups is 1. The molecular formula is C21H17F2N5O2S2. The first-order valence-corrected chi connectivity index (χ1v) is 11.2. The lowest BCUT2D eigenvalue weighted by atomic mass is 10.2. The average molecular weight is 474 g/mol. The van der Waals surface area contributed by atoms with Gasteiger partial charge in [-0.15, -0.1) is 11.3 Å². The number of carbonyl (C=O) groups excluding carboxylic acids is 1.